The summed E-state index contributed by atoms with van der Waals surface area (Å²) in [7, 11) is 4.41. The van der Waals surface area contributed by atoms with Gasteiger partial charge in [-0.2, -0.15) is 0 Å². The molecule has 2 aliphatic heterocycles. The molecule has 19 heavy (non-hydrogen) atoms. The van der Waals surface area contributed by atoms with Gasteiger partial charge in [-0.3, -0.25) is 4.90 Å². The molecule has 2 bridgehead atoms. The molecule has 0 amide bonds. The second-order valence-electron chi connectivity index (χ2n) is 6.87. The first-order chi connectivity index (χ1) is 9.11. The van der Waals surface area contributed by atoms with Gasteiger partial charge in [-0.05, 0) is 59.7 Å². The third-order valence-corrected chi connectivity index (χ3v) is 5.17. The smallest absolute Gasteiger partial charge is 0.0189 e. The molecule has 2 heterocycles. The van der Waals surface area contributed by atoms with Gasteiger partial charge in [0, 0.05) is 30.7 Å². The van der Waals surface area contributed by atoms with Crippen molar-refractivity contribution in [2.45, 2.75) is 76.5 Å². The third kappa shape index (κ3) is 3.93. The van der Waals surface area contributed by atoms with Gasteiger partial charge in [0.15, 0.2) is 0 Å². The lowest BCUT2D eigenvalue weighted by atomic mass is 9.81. The Hall–Kier alpha value is -0.120. The van der Waals surface area contributed by atoms with Crippen molar-refractivity contribution < 1.29 is 0 Å². The molecule has 112 valence electrons. The lowest BCUT2D eigenvalue weighted by molar-refractivity contribution is 0.00943. The van der Waals surface area contributed by atoms with E-state index < -0.39 is 0 Å². The average molecular weight is 267 g/mol. The molecule has 3 nitrogen and oxygen atoms in total. The van der Waals surface area contributed by atoms with E-state index in [0.29, 0.717) is 6.04 Å². The molecule has 3 atom stereocenters. The maximum absolute atomic E-state index is 3.76. The van der Waals surface area contributed by atoms with Crippen molar-refractivity contribution in [1.82, 2.24) is 15.1 Å². The van der Waals surface area contributed by atoms with Crippen LogP contribution in [0.1, 0.15) is 52.4 Å². The number of hydrogen-bond donors (Lipinski definition) is 1. The third-order valence-electron chi connectivity index (χ3n) is 5.17. The Kier molecular flexibility index (Phi) is 5.67. The molecule has 0 radical (unpaired) electrons. The summed E-state index contributed by atoms with van der Waals surface area (Å²) in [4.78, 5) is 5.19. The summed E-state index contributed by atoms with van der Waals surface area (Å²) in [5.74, 6) is 0. The van der Waals surface area contributed by atoms with Crippen LogP contribution in [-0.2, 0) is 0 Å². The van der Waals surface area contributed by atoms with E-state index in [1.54, 1.807) is 0 Å². The van der Waals surface area contributed by atoms with Gasteiger partial charge in [0.1, 0.15) is 0 Å². The molecule has 0 saturated carbocycles. The van der Waals surface area contributed by atoms with Crippen LogP contribution in [-0.4, -0.2) is 61.2 Å². The van der Waals surface area contributed by atoms with Crippen molar-refractivity contribution in [2.75, 3.05) is 27.2 Å². The van der Waals surface area contributed by atoms with Gasteiger partial charge in [-0.25, -0.2) is 0 Å². The van der Waals surface area contributed by atoms with Gasteiger partial charge in [0.2, 0.25) is 0 Å². The predicted molar refractivity (Wildman–Crippen MR) is 82.6 cm³/mol. The van der Waals surface area contributed by atoms with Crippen LogP contribution in [0.15, 0.2) is 0 Å². The summed E-state index contributed by atoms with van der Waals surface area (Å²) in [6.07, 6.45) is 8.28. The molecule has 0 aromatic rings. The van der Waals surface area contributed by atoms with Crippen LogP contribution >= 0.6 is 0 Å². The molecular weight excluding hydrogens is 234 g/mol. The van der Waals surface area contributed by atoms with Gasteiger partial charge < -0.3 is 10.2 Å². The number of rotatable bonds is 6. The molecule has 0 spiro atoms. The molecule has 0 aromatic carbocycles. The fourth-order valence-corrected chi connectivity index (χ4v) is 3.76. The Balaban J connectivity index is 1.91. The highest BCUT2D eigenvalue weighted by Crippen LogP contribution is 2.34. The topological polar surface area (TPSA) is 18.5 Å². The Morgan fingerprint density at radius 3 is 2.37 bits per heavy atom. The molecular formula is C16H33N3. The Morgan fingerprint density at radius 1 is 1.21 bits per heavy atom. The number of nitrogens with one attached hydrogen (secondary N) is 1. The second kappa shape index (κ2) is 7.05. The number of hydrogen-bond acceptors (Lipinski definition) is 3. The first-order valence-corrected chi connectivity index (χ1v) is 8.27. The van der Waals surface area contributed by atoms with Crippen molar-refractivity contribution in [3.8, 4) is 0 Å². The minimum absolute atomic E-state index is 0.670. The first-order valence-electron chi connectivity index (χ1n) is 8.27. The number of likely N-dealkylation sites (N-methyl/N-ethyl adjacent to an activating group) is 1. The lowest BCUT2D eigenvalue weighted by Crippen LogP contribution is -2.58. The van der Waals surface area contributed by atoms with E-state index in [9.17, 15) is 0 Å². The van der Waals surface area contributed by atoms with Crippen LogP contribution in [0.5, 0.6) is 0 Å². The van der Waals surface area contributed by atoms with E-state index in [0.717, 1.165) is 18.1 Å². The zero-order valence-electron chi connectivity index (χ0n) is 13.4. The zero-order valence-corrected chi connectivity index (χ0v) is 13.4. The van der Waals surface area contributed by atoms with Gasteiger partial charge >= 0.3 is 0 Å². The van der Waals surface area contributed by atoms with Crippen molar-refractivity contribution in [3.63, 3.8) is 0 Å². The minimum Gasteiger partial charge on any atom is -0.314 e. The maximum Gasteiger partial charge on any atom is 0.0189 e. The summed E-state index contributed by atoms with van der Waals surface area (Å²) in [6.45, 7) is 7.07. The van der Waals surface area contributed by atoms with Crippen LogP contribution in [0.2, 0.25) is 0 Å². The highest BCUT2D eigenvalue weighted by molar-refractivity contribution is 4.95. The molecule has 3 heteroatoms. The van der Waals surface area contributed by atoms with Gasteiger partial charge in [-0.15, -0.1) is 0 Å². The Labute approximate surface area is 119 Å². The fourth-order valence-electron chi connectivity index (χ4n) is 3.76. The van der Waals surface area contributed by atoms with Crippen LogP contribution < -0.4 is 5.32 Å². The Morgan fingerprint density at radius 2 is 1.84 bits per heavy atom. The molecule has 2 saturated heterocycles. The first kappa shape index (κ1) is 15.3. The van der Waals surface area contributed by atoms with E-state index in [2.05, 4.69) is 43.1 Å². The van der Waals surface area contributed by atoms with Crippen molar-refractivity contribution in [3.05, 3.63) is 0 Å². The van der Waals surface area contributed by atoms with Crippen molar-refractivity contribution in [2.24, 2.45) is 0 Å². The minimum atomic E-state index is 0.670. The largest absolute Gasteiger partial charge is 0.314 e. The van der Waals surface area contributed by atoms with Crippen LogP contribution in [0, 0.1) is 0 Å². The number of fused-ring (bicyclic) bond motifs is 2. The van der Waals surface area contributed by atoms with Gasteiger partial charge in [0.25, 0.3) is 0 Å². The molecule has 1 N–H and O–H groups in total. The van der Waals surface area contributed by atoms with Crippen molar-refractivity contribution in [1.29, 1.82) is 0 Å². The molecule has 0 aromatic heterocycles. The number of piperidine rings is 2. The fraction of sp³-hybridized carbons (Fsp3) is 1.00. The van der Waals surface area contributed by atoms with E-state index >= 15 is 0 Å². The lowest BCUT2D eigenvalue weighted by Gasteiger charge is -2.50. The summed E-state index contributed by atoms with van der Waals surface area (Å²) < 4.78 is 0. The molecule has 3 unspecified atom stereocenters. The zero-order chi connectivity index (χ0) is 13.8. The summed E-state index contributed by atoms with van der Waals surface area (Å²) in [5, 5.41) is 3.76. The summed E-state index contributed by atoms with van der Waals surface area (Å²) >= 11 is 0. The second-order valence-corrected chi connectivity index (χ2v) is 6.87. The monoisotopic (exact) mass is 267 g/mol. The summed E-state index contributed by atoms with van der Waals surface area (Å²) in [5.41, 5.74) is 0. The number of nitrogens with zero attached hydrogens (tertiary/aromatic N) is 2. The molecule has 2 fully saturated rings. The van der Waals surface area contributed by atoms with Gasteiger partial charge in [-0.1, -0.05) is 13.3 Å². The molecule has 0 aliphatic carbocycles. The van der Waals surface area contributed by atoms with E-state index in [1.807, 2.05) is 0 Å². The summed E-state index contributed by atoms with van der Waals surface area (Å²) in [6, 6.07) is 3.12. The highest BCUT2D eigenvalue weighted by atomic mass is 15.3. The standard InChI is InChI=1S/C16H33N3/c1-5-9-17-14-10-15-7-6-8-16(11-14)19(15)12-13(2)18(3)4/h13-17H,5-12H2,1-4H3. The van der Waals surface area contributed by atoms with Crippen LogP contribution in [0.25, 0.3) is 0 Å². The Bertz CT molecular complexity index is 253. The highest BCUT2D eigenvalue weighted by Gasteiger charge is 2.38. The van der Waals surface area contributed by atoms with E-state index in [1.165, 1.54) is 51.6 Å². The average Bonchev–Trinajstić information content (AvgIpc) is 2.36. The maximum atomic E-state index is 3.76. The van der Waals surface area contributed by atoms with E-state index in [-0.39, 0.29) is 0 Å². The molecule has 2 aliphatic rings. The van der Waals surface area contributed by atoms with Crippen LogP contribution in [0.4, 0.5) is 0 Å². The normalized spacial score (nSPS) is 33.6. The van der Waals surface area contributed by atoms with Crippen LogP contribution in [0.3, 0.4) is 0 Å². The quantitative estimate of drug-likeness (QED) is 0.797. The SMILES string of the molecule is CCCNC1CC2CCCC(C1)N2CC(C)N(C)C. The van der Waals surface area contributed by atoms with Gasteiger partial charge in [0.05, 0.1) is 0 Å². The van der Waals surface area contributed by atoms with Crippen molar-refractivity contribution >= 4 is 0 Å². The predicted octanol–water partition coefficient (Wildman–Crippen LogP) is 2.32. The van der Waals surface area contributed by atoms with E-state index in [4.69, 9.17) is 0 Å². The molecule has 2 rings (SSSR count).